The fourth-order valence-electron chi connectivity index (χ4n) is 2.00. The third-order valence-corrected chi connectivity index (χ3v) is 5.55. The number of sulfonamides is 2. The molecule has 0 bridgehead atoms. The van der Waals surface area contributed by atoms with Crippen LogP contribution >= 0.6 is 0 Å². The lowest BCUT2D eigenvalue weighted by molar-refractivity contribution is 0.0453. The van der Waals surface area contributed by atoms with Crippen molar-refractivity contribution in [2.24, 2.45) is 11.1 Å². The van der Waals surface area contributed by atoms with Crippen molar-refractivity contribution in [2.45, 2.75) is 28.7 Å². The Balaban J connectivity index is 2.13. The quantitative estimate of drug-likeness (QED) is 0.666. The third kappa shape index (κ3) is 3.55. The van der Waals surface area contributed by atoms with E-state index >= 15 is 0 Å². The van der Waals surface area contributed by atoms with Crippen LogP contribution in [0.4, 0.5) is 0 Å². The minimum atomic E-state index is -3.94. The Morgan fingerprint density at radius 1 is 1.20 bits per heavy atom. The molecular weight excluding hydrogens is 304 g/mol. The van der Waals surface area contributed by atoms with Gasteiger partial charge >= 0.3 is 0 Å². The smallest absolute Gasteiger partial charge is 0.240 e. The molecule has 0 aliphatic heterocycles. The van der Waals surface area contributed by atoms with Gasteiger partial charge in [0.05, 0.1) is 15.9 Å². The van der Waals surface area contributed by atoms with Crippen molar-refractivity contribution < 1.29 is 21.9 Å². The summed E-state index contributed by atoms with van der Waals surface area (Å²) < 4.78 is 48.9. The number of primary sulfonamides is 1. The maximum Gasteiger partial charge on any atom is 0.240 e. The van der Waals surface area contributed by atoms with Crippen LogP contribution in [-0.2, 0) is 20.0 Å². The summed E-state index contributed by atoms with van der Waals surface area (Å²) in [6.07, 6.45) is 0.787. The molecule has 1 aliphatic rings. The molecule has 1 fully saturated rings. The van der Waals surface area contributed by atoms with E-state index in [-0.39, 0.29) is 28.4 Å². The van der Waals surface area contributed by atoms with E-state index in [0.717, 1.165) is 6.07 Å². The standard InChI is InChI=1S/C11H16N2O5S2/c12-19(15,16)10-2-1-3-11(6-10)20(17,18)13-7-8-4-9(14)5-8/h1-3,6,8-9,13-14H,4-5,7H2,(H2,12,15,16). The van der Waals surface area contributed by atoms with Gasteiger partial charge in [-0.15, -0.1) is 0 Å². The summed E-state index contributed by atoms with van der Waals surface area (Å²) in [6, 6.07) is 4.87. The highest BCUT2D eigenvalue weighted by atomic mass is 32.2. The van der Waals surface area contributed by atoms with Crippen LogP contribution in [0.3, 0.4) is 0 Å². The maximum absolute atomic E-state index is 12.0. The zero-order chi connectivity index (χ0) is 15.0. The molecule has 0 unspecified atom stereocenters. The molecule has 7 nitrogen and oxygen atoms in total. The summed E-state index contributed by atoms with van der Waals surface area (Å²) in [4.78, 5) is -0.400. The molecule has 0 radical (unpaired) electrons. The largest absolute Gasteiger partial charge is 0.393 e. The van der Waals surface area contributed by atoms with E-state index in [1.807, 2.05) is 0 Å². The Bertz CT molecular complexity index is 693. The Labute approximate surface area is 117 Å². The van der Waals surface area contributed by atoms with Gasteiger partial charge in [-0.3, -0.25) is 0 Å². The molecule has 1 aliphatic carbocycles. The highest BCUT2D eigenvalue weighted by Crippen LogP contribution is 2.26. The average Bonchev–Trinajstić information content (AvgIpc) is 2.32. The predicted molar refractivity (Wildman–Crippen MR) is 71.7 cm³/mol. The van der Waals surface area contributed by atoms with Gasteiger partial charge in [0.1, 0.15) is 0 Å². The molecule has 0 aromatic heterocycles. The lowest BCUT2D eigenvalue weighted by Crippen LogP contribution is -2.38. The SMILES string of the molecule is NS(=O)(=O)c1cccc(S(=O)(=O)NCC2CC(O)C2)c1. The van der Waals surface area contributed by atoms with E-state index in [1.165, 1.54) is 18.2 Å². The van der Waals surface area contributed by atoms with Gasteiger partial charge < -0.3 is 5.11 Å². The molecule has 1 saturated carbocycles. The van der Waals surface area contributed by atoms with Crippen LogP contribution in [0, 0.1) is 5.92 Å². The molecule has 9 heteroatoms. The van der Waals surface area contributed by atoms with Crippen LogP contribution in [0.5, 0.6) is 0 Å². The first-order valence-corrected chi connectivity index (χ1v) is 9.02. The Morgan fingerprint density at radius 3 is 2.35 bits per heavy atom. The van der Waals surface area contributed by atoms with E-state index < -0.39 is 20.0 Å². The first-order chi connectivity index (χ1) is 9.18. The number of nitrogens with two attached hydrogens (primary N) is 1. The highest BCUT2D eigenvalue weighted by Gasteiger charge is 2.28. The number of hydrogen-bond donors (Lipinski definition) is 3. The normalized spacial score (nSPS) is 23.3. The van der Waals surface area contributed by atoms with Gasteiger partial charge in [-0.2, -0.15) is 0 Å². The second kappa shape index (κ2) is 5.41. The van der Waals surface area contributed by atoms with Crippen molar-refractivity contribution in [3.8, 4) is 0 Å². The molecular formula is C11H16N2O5S2. The monoisotopic (exact) mass is 320 g/mol. The number of aliphatic hydroxyl groups excluding tert-OH is 1. The van der Waals surface area contributed by atoms with Crippen LogP contribution in [0.15, 0.2) is 34.1 Å². The maximum atomic E-state index is 12.0. The van der Waals surface area contributed by atoms with Gasteiger partial charge in [0, 0.05) is 6.54 Å². The molecule has 0 heterocycles. The molecule has 20 heavy (non-hydrogen) atoms. The Hall–Kier alpha value is -1.00. The lowest BCUT2D eigenvalue weighted by atomic mass is 9.83. The van der Waals surface area contributed by atoms with Gasteiger partial charge in [0.25, 0.3) is 0 Å². The fraction of sp³-hybridized carbons (Fsp3) is 0.455. The summed E-state index contributed by atoms with van der Waals surface area (Å²) in [6.45, 7) is 0.221. The average molecular weight is 320 g/mol. The zero-order valence-corrected chi connectivity index (χ0v) is 12.2. The molecule has 0 spiro atoms. The minimum Gasteiger partial charge on any atom is -0.393 e. The third-order valence-electron chi connectivity index (χ3n) is 3.22. The predicted octanol–water partition coefficient (Wildman–Crippen LogP) is -0.617. The number of benzene rings is 1. The van der Waals surface area contributed by atoms with E-state index in [2.05, 4.69) is 4.72 Å². The molecule has 0 saturated heterocycles. The van der Waals surface area contributed by atoms with Crippen LogP contribution in [0.25, 0.3) is 0 Å². The van der Waals surface area contributed by atoms with Crippen molar-refractivity contribution in [1.29, 1.82) is 0 Å². The summed E-state index contributed by atoms with van der Waals surface area (Å²) in [5, 5.41) is 14.1. The van der Waals surface area contributed by atoms with Crippen LogP contribution < -0.4 is 9.86 Å². The Morgan fingerprint density at radius 2 is 1.80 bits per heavy atom. The minimum absolute atomic E-state index is 0.112. The molecule has 0 amide bonds. The fourth-order valence-corrected chi connectivity index (χ4v) is 3.79. The van der Waals surface area contributed by atoms with Crippen LogP contribution in [0.2, 0.25) is 0 Å². The molecule has 112 valence electrons. The first-order valence-electron chi connectivity index (χ1n) is 5.99. The zero-order valence-electron chi connectivity index (χ0n) is 10.6. The molecule has 2 rings (SSSR count). The second-order valence-corrected chi connectivity index (χ2v) is 8.19. The highest BCUT2D eigenvalue weighted by molar-refractivity contribution is 7.90. The summed E-state index contributed by atoms with van der Waals surface area (Å²) >= 11 is 0. The van der Waals surface area contributed by atoms with Crippen LogP contribution in [0.1, 0.15) is 12.8 Å². The van der Waals surface area contributed by atoms with E-state index in [4.69, 9.17) is 10.2 Å². The van der Waals surface area contributed by atoms with Crippen molar-refractivity contribution in [3.63, 3.8) is 0 Å². The summed E-state index contributed by atoms with van der Waals surface area (Å²) in [7, 11) is -7.73. The summed E-state index contributed by atoms with van der Waals surface area (Å²) in [5.74, 6) is 0.112. The second-order valence-electron chi connectivity index (χ2n) is 4.86. The van der Waals surface area contributed by atoms with Crippen LogP contribution in [-0.4, -0.2) is 34.6 Å². The van der Waals surface area contributed by atoms with Gasteiger partial charge in [0.15, 0.2) is 0 Å². The lowest BCUT2D eigenvalue weighted by Gasteiger charge is -2.31. The first kappa shape index (κ1) is 15.4. The number of aliphatic hydroxyl groups is 1. The van der Waals surface area contributed by atoms with E-state index in [1.54, 1.807) is 0 Å². The number of nitrogens with one attached hydrogen (secondary N) is 1. The molecule has 4 N–H and O–H groups in total. The topological polar surface area (TPSA) is 127 Å². The van der Waals surface area contributed by atoms with E-state index in [0.29, 0.717) is 12.8 Å². The van der Waals surface area contributed by atoms with Crippen molar-refractivity contribution in [2.75, 3.05) is 6.54 Å². The number of hydrogen-bond acceptors (Lipinski definition) is 5. The van der Waals surface area contributed by atoms with Gasteiger partial charge in [-0.25, -0.2) is 26.7 Å². The van der Waals surface area contributed by atoms with Crippen molar-refractivity contribution in [3.05, 3.63) is 24.3 Å². The van der Waals surface area contributed by atoms with Crippen molar-refractivity contribution in [1.82, 2.24) is 4.72 Å². The van der Waals surface area contributed by atoms with Gasteiger partial charge in [-0.05, 0) is 37.0 Å². The van der Waals surface area contributed by atoms with Crippen molar-refractivity contribution >= 4 is 20.0 Å². The number of rotatable bonds is 5. The Kier molecular flexibility index (Phi) is 4.17. The molecule has 1 aromatic carbocycles. The van der Waals surface area contributed by atoms with E-state index in [9.17, 15) is 16.8 Å². The van der Waals surface area contributed by atoms with Gasteiger partial charge in [-0.1, -0.05) is 6.07 Å². The molecule has 0 atom stereocenters. The summed E-state index contributed by atoms with van der Waals surface area (Å²) in [5.41, 5.74) is 0. The molecule has 1 aromatic rings. The van der Waals surface area contributed by atoms with Gasteiger partial charge in [0.2, 0.25) is 20.0 Å².